The smallest absolute Gasteiger partial charge is 0.125 e. The van der Waals surface area contributed by atoms with E-state index in [0.29, 0.717) is 11.1 Å². The molecule has 0 amide bonds. The number of halogens is 4. The van der Waals surface area contributed by atoms with Gasteiger partial charge in [0.1, 0.15) is 11.5 Å². The van der Waals surface area contributed by atoms with Crippen molar-refractivity contribution in [1.82, 2.24) is 0 Å². The van der Waals surface area contributed by atoms with Crippen LogP contribution >= 0.6 is 63.7 Å². The summed E-state index contributed by atoms with van der Waals surface area (Å²) in [7, 11) is 0. The van der Waals surface area contributed by atoms with Gasteiger partial charge in [0.15, 0.2) is 0 Å². The molecule has 0 aromatic heterocycles. The van der Waals surface area contributed by atoms with Crippen LogP contribution in [0.5, 0.6) is 11.5 Å². The first-order chi connectivity index (χ1) is 12.4. The fraction of sp³-hybridized carbons (Fsp3) is 0. The molecular formula is C20H10Br4O2. The van der Waals surface area contributed by atoms with Gasteiger partial charge in [-0.1, -0.05) is 75.9 Å². The van der Waals surface area contributed by atoms with Crippen LogP contribution < -0.4 is 0 Å². The zero-order chi connectivity index (χ0) is 18.6. The molecular weight excluding hydrogens is 592 g/mol. The first-order valence-corrected chi connectivity index (χ1v) is 10.8. The molecule has 0 saturated carbocycles. The summed E-state index contributed by atoms with van der Waals surface area (Å²) in [5, 5.41) is 25.1. The summed E-state index contributed by atoms with van der Waals surface area (Å²) in [5.41, 5.74) is 1.21. The number of hydrogen-bond donors (Lipinski definition) is 2. The molecule has 4 aromatic carbocycles. The van der Waals surface area contributed by atoms with Crippen LogP contribution in [0.4, 0.5) is 0 Å². The third kappa shape index (κ3) is 2.97. The Bertz CT molecular complexity index is 1110. The van der Waals surface area contributed by atoms with Crippen molar-refractivity contribution in [1.29, 1.82) is 0 Å². The maximum atomic E-state index is 10.7. The second kappa shape index (κ2) is 6.82. The average molecular weight is 602 g/mol. The second-order valence-electron chi connectivity index (χ2n) is 5.88. The van der Waals surface area contributed by atoms with Gasteiger partial charge >= 0.3 is 0 Å². The number of phenolic OH excluding ortho intramolecular Hbond substituents is 2. The molecule has 26 heavy (non-hydrogen) atoms. The molecule has 0 heterocycles. The van der Waals surface area contributed by atoms with Gasteiger partial charge in [0, 0.05) is 29.0 Å². The topological polar surface area (TPSA) is 40.5 Å². The van der Waals surface area contributed by atoms with Crippen molar-refractivity contribution < 1.29 is 10.2 Å². The van der Waals surface area contributed by atoms with Gasteiger partial charge in [0.2, 0.25) is 0 Å². The maximum Gasteiger partial charge on any atom is 0.125 e. The van der Waals surface area contributed by atoms with Gasteiger partial charge in [-0.3, -0.25) is 0 Å². The summed E-state index contributed by atoms with van der Waals surface area (Å²) in [6, 6.07) is 15.0. The Hall–Kier alpha value is -1.08. The molecule has 4 aromatic rings. The largest absolute Gasteiger partial charge is 0.507 e. The Morgan fingerprint density at radius 2 is 0.885 bits per heavy atom. The Morgan fingerprint density at radius 3 is 1.27 bits per heavy atom. The summed E-state index contributed by atoms with van der Waals surface area (Å²) >= 11 is 14.0. The van der Waals surface area contributed by atoms with Gasteiger partial charge in [0.05, 0.1) is 0 Å². The van der Waals surface area contributed by atoms with E-state index in [2.05, 4.69) is 63.7 Å². The lowest BCUT2D eigenvalue weighted by Crippen LogP contribution is -1.89. The van der Waals surface area contributed by atoms with Gasteiger partial charge in [-0.25, -0.2) is 0 Å². The van der Waals surface area contributed by atoms with E-state index in [9.17, 15) is 10.2 Å². The van der Waals surface area contributed by atoms with E-state index < -0.39 is 0 Å². The molecule has 0 aliphatic rings. The number of phenols is 2. The number of rotatable bonds is 1. The van der Waals surface area contributed by atoms with E-state index in [1.54, 1.807) is 12.1 Å². The minimum atomic E-state index is 0.105. The molecule has 0 spiro atoms. The quantitative estimate of drug-likeness (QED) is 0.231. The SMILES string of the molecule is Oc1cc(Br)c2cc(Br)ccc2c1-c1c(O)cc(Br)c2cc(Br)ccc12. The zero-order valence-corrected chi connectivity index (χ0v) is 19.4. The molecule has 0 aliphatic heterocycles. The highest BCUT2D eigenvalue weighted by atomic mass is 79.9. The van der Waals surface area contributed by atoms with Gasteiger partial charge in [-0.15, -0.1) is 0 Å². The van der Waals surface area contributed by atoms with E-state index >= 15 is 0 Å². The predicted molar refractivity (Wildman–Crippen MR) is 121 cm³/mol. The lowest BCUT2D eigenvalue weighted by atomic mass is 9.92. The first kappa shape index (κ1) is 18.3. The summed E-state index contributed by atoms with van der Waals surface area (Å²) in [6.07, 6.45) is 0. The summed E-state index contributed by atoms with van der Waals surface area (Å²) < 4.78 is 3.46. The Balaban J connectivity index is 2.21. The highest BCUT2D eigenvalue weighted by molar-refractivity contribution is 9.11. The molecule has 2 N–H and O–H groups in total. The van der Waals surface area contributed by atoms with Gasteiger partial charge < -0.3 is 10.2 Å². The molecule has 0 unspecified atom stereocenters. The molecule has 0 radical (unpaired) electrons. The maximum absolute atomic E-state index is 10.7. The van der Waals surface area contributed by atoms with Crippen LogP contribution in [0.15, 0.2) is 66.4 Å². The third-order valence-electron chi connectivity index (χ3n) is 4.31. The molecule has 0 aliphatic carbocycles. The van der Waals surface area contributed by atoms with Crippen LogP contribution in [0.1, 0.15) is 0 Å². The van der Waals surface area contributed by atoms with E-state index in [1.165, 1.54) is 0 Å². The molecule has 6 heteroatoms. The van der Waals surface area contributed by atoms with Crippen molar-refractivity contribution in [3.63, 3.8) is 0 Å². The van der Waals surface area contributed by atoms with Crippen LogP contribution in [0.3, 0.4) is 0 Å². The molecule has 0 bridgehead atoms. The summed E-state index contributed by atoms with van der Waals surface area (Å²) in [4.78, 5) is 0. The summed E-state index contributed by atoms with van der Waals surface area (Å²) in [5.74, 6) is 0.210. The lowest BCUT2D eigenvalue weighted by Gasteiger charge is -2.16. The van der Waals surface area contributed by atoms with Crippen LogP contribution in [0.2, 0.25) is 0 Å². The number of benzene rings is 4. The van der Waals surface area contributed by atoms with E-state index in [1.807, 2.05) is 36.4 Å². The van der Waals surface area contributed by atoms with Crippen LogP contribution in [-0.4, -0.2) is 10.2 Å². The van der Waals surface area contributed by atoms with Crippen molar-refractivity contribution >= 4 is 85.3 Å². The molecule has 0 saturated heterocycles. The van der Waals surface area contributed by atoms with Crippen molar-refractivity contribution in [2.24, 2.45) is 0 Å². The second-order valence-corrected chi connectivity index (χ2v) is 9.42. The van der Waals surface area contributed by atoms with Crippen molar-refractivity contribution in [3.05, 3.63) is 66.4 Å². The van der Waals surface area contributed by atoms with Crippen LogP contribution in [0.25, 0.3) is 32.7 Å². The van der Waals surface area contributed by atoms with Crippen molar-refractivity contribution in [3.8, 4) is 22.6 Å². The lowest BCUT2D eigenvalue weighted by molar-refractivity contribution is 0.470. The highest BCUT2D eigenvalue weighted by Crippen LogP contribution is 2.48. The first-order valence-electron chi connectivity index (χ1n) is 7.58. The van der Waals surface area contributed by atoms with E-state index in [4.69, 9.17) is 0 Å². The Morgan fingerprint density at radius 1 is 0.500 bits per heavy atom. The van der Waals surface area contributed by atoms with Crippen molar-refractivity contribution in [2.45, 2.75) is 0 Å². The van der Waals surface area contributed by atoms with Crippen LogP contribution in [0, 0.1) is 0 Å². The monoisotopic (exact) mass is 598 g/mol. The molecule has 130 valence electrons. The fourth-order valence-electron chi connectivity index (χ4n) is 3.21. The number of aromatic hydroxyl groups is 2. The molecule has 4 rings (SSSR count). The summed E-state index contributed by atoms with van der Waals surface area (Å²) in [6.45, 7) is 0. The van der Waals surface area contributed by atoms with Crippen molar-refractivity contribution in [2.75, 3.05) is 0 Å². The fourth-order valence-corrected chi connectivity index (χ4v) is 5.02. The Labute approximate surface area is 183 Å². The Kier molecular flexibility index (Phi) is 4.80. The standard InChI is InChI=1S/C20H10Br4O2/c21-9-1-3-11-13(5-9)15(23)7-17(25)19(11)20-12-4-2-10(22)6-14(12)16(24)8-18(20)26/h1-8,25-26H. The number of fused-ring (bicyclic) bond motifs is 2. The molecule has 2 nitrogen and oxygen atoms in total. The zero-order valence-electron chi connectivity index (χ0n) is 13.0. The van der Waals surface area contributed by atoms with Gasteiger partial charge in [0.25, 0.3) is 0 Å². The molecule has 0 atom stereocenters. The van der Waals surface area contributed by atoms with E-state index in [0.717, 1.165) is 39.4 Å². The van der Waals surface area contributed by atoms with Gasteiger partial charge in [-0.05, 0) is 57.9 Å². The molecule has 0 fully saturated rings. The van der Waals surface area contributed by atoms with Gasteiger partial charge in [-0.2, -0.15) is 0 Å². The van der Waals surface area contributed by atoms with E-state index in [-0.39, 0.29) is 11.5 Å². The highest BCUT2D eigenvalue weighted by Gasteiger charge is 2.20. The number of hydrogen-bond acceptors (Lipinski definition) is 2. The average Bonchev–Trinajstić information content (AvgIpc) is 2.58. The van der Waals surface area contributed by atoms with Crippen LogP contribution in [-0.2, 0) is 0 Å². The minimum absolute atomic E-state index is 0.105. The predicted octanol–water partition coefficient (Wildman–Crippen LogP) is 8.12. The normalized spacial score (nSPS) is 11.4. The minimum Gasteiger partial charge on any atom is -0.507 e. The third-order valence-corrected chi connectivity index (χ3v) is 6.60.